The van der Waals surface area contributed by atoms with Gasteiger partial charge in [0.25, 0.3) is 5.91 Å². The fourth-order valence-electron chi connectivity index (χ4n) is 1.61. The Hall–Kier alpha value is -0.960. The largest absolute Gasteiger partial charge is 0.352 e. The third kappa shape index (κ3) is 4.82. The number of nitrogens with one attached hydrogen (secondary N) is 1. The fourth-order valence-corrected chi connectivity index (χ4v) is 2.41. The van der Waals surface area contributed by atoms with Gasteiger partial charge in [0.05, 0.1) is 5.56 Å². The first kappa shape index (κ1) is 14.1. The lowest BCUT2D eigenvalue weighted by Crippen LogP contribution is -2.24. The van der Waals surface area contributed by atoms with Gasteiger partial charge in [0.2, 0.25) is 0 Å². The first-order chi connectivity index (χ1) is 8.29. The van der Waals surface area contributed by atoms with Crippen LogP contribution in [0.5, 0.6) is 0 Å². The summed E-state index contributed by atoms with van der Waals surface area (Å²) in [4.78, 5) is 13.1. The average molecular weight is 251 g/mol. The van der Waals surface area contributed by atoms with Crippen molar-refractivity contribution in [2.24, 2.45) is 0 Å². The number of carbonyl (C=O) groups is 1. The highest BCUT2D eigenvalue weighted by Crippen LogP contribution is 2.21. The molecule has 0 bridgehead atoms. The lowest BCUT2D eigenvalue weighted by Gasteiger charge is -2.08. The molecule has 17 heavy (non-hydrogen) atoms. The van der Waals surface area contributed by atoms with Crippen LogP contribution in [-0.4, -0.2) is 18.2 Å². The minimum Gasteiger partial charge on any atom is -0.352 e. The zero-order valence-electron chi connectivity index (χ0n) is 10.7. The monoisotopic (exact) mass is 251 g/mol. The highest BCUT2D eigenvalue weighted by atomic mass is 32.2. The van der Waals surface area contributed by atoms with Crippen molar-refractivity contribution in [1.82, 2.24) is 5.32 Å². The summed E-state index contributed by atoms with van der Waals surface area (Å²) in [6.45, 7) is 5.04. The van der Waals surface area contributed by atoms with Gasteiger partial charge < -0.3 is 5.32 Å². The Labute approximate surface area is 108 Å². The smallest absolute Gasteiger partial charge is 0.252 e. The molecule has 0 aromatic heterocycles. The molecule has 1 N–H and O–H groups in total. The van der Waals surface area contributed by atoms with Gasteiger partial charge in [-0.15, -0.1) is 11.8 Å². The van der Waals surface area contributed by atoms with E-state index in [1.807, 2.05) is 24.3 Å². The summed E-state index contributed by atoms with van der Waals surface area (Å²) in [5.74, 6) is 1.04. The quantitative estimate of drug-likeness (QED) is 0.591. The Bertz CT molecular complexity index is 352. The molecule has 0 fully saturated rings. The van der Waals surface area contributed by atoms with Crippen LogP contribution in [-0.2, 0) is 0 Å². The molecule has 0 aliphatic carbocycles. The topological polar surface area (TPSA) is 29.1 Å². The SMILES string of the molecule is CCCCCNC(=O)c1ccccc1SCC. The minimum absolute atomic E-state index is 0.0534. The molecule has 0 radical (unpaired) electrons. The number of thioether (sulfide) groups is 1. The van der Waals surface area contributed by atoms with Crippen LogP contribution in [0.3, 0.4) is 0 Å². The zero-order chi connectivity index (χ0) is 12.5. The standard InChI is InChI=1S/C14H21NOS/c1-3-5-8-11-15-14(16)12-9-6-7-10-13(12)17-4-2/h6-7,9-10H,3-5,8,11H2,1-2H3,(H,15,16). The van der Waals surface area contributed by atoms with Crippen LogP contribution < -0.4 is 5.32 Å². The average Bonchev–Trinajstić information content (AvgIpc) is 2.35. The molecule has 0 saturated heterocycles. The molecule has 3 heteroatoms. The fraction of sp³-hybridized carbons (Fsp3) is 0.500. The van der Waals surface area contributed by atoms with E-state index in [2.05, 4.69) is 19.2 Å². The van der Waals surface area contributed by atoms with E-state index in [0.717, 1.165) is 29.2 Å². The third-order valence-corrected chi connectivity index (χ3v) is 3.45. The predicted molar refractivity (Wildman–Crippen MR) is 74.7 cm³/mol. The van der Waals surface area contributed by atoms with Gasteiger partial charge in [0, 0.05) is 11.4 Å². The van der Waals surface area contributed by atoms with Crippen LogP contribution in [0.1, 0.15) is 43.5 Å². The van der Waals surface area contributed by atoms with Crippen LogP contribution in [0, 0.1) is 0 Å². The molecular formula is C14H21NOS. The van der Waals surface area contributed by atoms with E-state index >= 15 is 0 Å². The number of carbonyl (C=O) groups excluding carboxylic acids is 1. The summed E-state index contributed by atoms with van der Waals surface area (Å²) >= 11 is 1.71. The second-order valence-corrected chi connectivity index (χ2v) is 5.20. The van der Waals surface area contributed by atoms with E-state index in [-0.39, 0.29) is 5.91 Å². The number of amides is 1. The summed E-state index contributed by atoms with van der Waals surface area (Å²) in [7, 11) is 0. The Balaban J connectivity index is 2.55. The lowest BCUT2D eigenvalue weighted by atomic mass is 10.2. The molecule has 2 nitrogen and oxygen atoms in total. The molecule has 94 valence electrons. The first-order valence-corrected chi connectivity index (χ1v) is 7.28. The molecule has 0 aliphatic rings. The number of benzene rings is 1. The number of rotatable bonds is 7. The number of unbranched alkanes of at least 4 members (excludes halogenated alkanes) is 2. The molecule has 1 rings (SSSR count). The highest BCUT2D eigenvalue weighted by molar-refractivity contribution is 7.99. The van der Waals surface area contributed by atoms with E-state index in [9.17, 15) is 4.79 Å². The maximum atomic E-state index is 12.0. The van der Waals surface area contributed by atoms with E-state index in [0.29, 0.717) is 0 Å². The van der Waals surface area contributed by atoms with E-state index in [1.54, 1.807) is 11.8 Å². The van der Waals surface area contributed by atoms with Gasteiger partial charge in [-0.25, -0.2) is 0 Å². The molecule has 0 spiro atoms. The van der Waals surface area contributed by atoms with Crippen LogP contribution in [0.25, 0.3) is 0 Å². The predicted octanol–water partition coefficient (Wildman–Crippen LogP) is 3.72. The number of hydrogen-bond donors (Lipinski definition) is 1. The van der Waals surface area contributed by atoms with Gasteiger partial charge in [-0.1, -0.05) is 38.8 Å². The van der Waals surface area contributed by atoms with Crippen molar-refractivity contribution in [2.45, 2.75) is 38.0 Å². The molecule has 0 atom stereocenters. The van der Waals surface area contributed by atoms with Crippen LogP contribution in [0.15, 0.2) is 29.2 Å². The van der Waals surface area contributed by atoms with Crippen LogP contribution >= 0.6 is 11.8 Å². The Kier molecular flexibility index (Phi) is 6.78. The van der Waals surface area contributed by atoms with Crippen molar-refractivity contribution < 1.29 is 4.79 Å². The third-order valence-electron chi connectivity index (χ3n) is 2.50. The van der Waals surface area contributed by atoms with Crippen molar-refractivity contribution in [3.05, 3.63) is 29.8 Å². The van der Waals surface area contributed by atoms with Gasteiger partial charge in [0.1, 0.15) is 0 Å². The van der Waals surface area contributed by atoms with Crippen molar-refractivity contribution >= 4 is 17.7 Å². The lowest BCUT2D eigenvalue weighted by molar-refractivity contribution is 0.0950. The van der Waals surface area contributed by atoms with Gasteiger partial charge in [-0.3, -0.25) is 4.79 Å². The molecule has 1 aromatic rings. The van der Waals surface area contributed by atoms with Crippen molar-refractivity contribution in [2.75, 3.05) is 12.3 Å². The summed E-state index contributed by atoms with van der Waals surface area (Å²) in [6, 6.07) is 7.80. The zero-order valence-corrected chi connectivity index (χ0v) is 11.5. The molecule has 0 aliphatic heterocycles. The second kappa shape index (κ2) is 8.18. The van der Waals surface area contributed by atoms with Crippen molar-refractivity contribution in [3.63, 3.8) is 0 Å². The van der Waals surface area contributed by atoms with Gasteiger partial charge in [-0.05, 0) is 24.3 Å². The molecule has 0 saturated carbocycles. The molecular weight excluding hydrogens is 230 g/mol. The summed E-state index contributed by atoms with van der Waals surface area (Å²) < 4.78 is 0. The highest BCUT2D eigenvalue weighted by Gasteiger charge is 2.09. The van der Waals surface area contributed by atoms with E-state index in [1.165, 1.54) is 12.8 Å². The Morgan fingerprint density at radius 1 is 1.24 bits per heavy atom. The minimum atomic E-state index is 0.0534. The Morgan fingerprint density at radius 3 is 2.71 bits per heavy atom. The Morgan fingerprint density at radius 2 is 2.00 bits per heavy atom. The summed E-state index contributed by atoms with van der Waals surface area (Å²) in [6.07, 6.45) is 3.41. The molecule has 0 unspecified atom stereocenters. The maximum absolute atomic E-state index is 12.0. The van der Waals surface area contributed by atoms with E-state index < -0.39 is 0 Å². The molecule has 1 amide bonds. The first-order valence-electron chi connectivity index (χ1n) is 6.29. The number of hydrogen-bond acceptors (Lipinski definition) is 2. The molecule has 0 heterocycles. The van der Waals surface area contributed by atoms with Crippen molar-refractivity contribution in [1.29, 1.82) is 0 Å². The van der Waals surface area contributed by atoms with Crippen LogP contribution in [0.4, 0.5) is 0 Å². The second-order valence-electron chi connectivity index (χ2n) is 3.89. The van der Waals surface area contributed by atoms with Crippen LogP contribution in [0.2, 0.25) is 0 Å². The van der Waals surface area contributed by atoms with E-state index in [4.69, 9.17) is 0 Å². The van der Waals surface area contributed by atoms with Gasteiger partial charge >= 0.3 is 0 Å². The summed E-state index contributed by atoms with van der Waals surface area (Å²) in [5.41, 5.74) is 0.802. The van der Waals surface area contributed by atoms with Gasteiger partial charge in [0.15, 0.2) is 0 Å². The van der Waals surface area contributed by atoms with Gasteiger partial charge in [-0.2, -0.15) is 0 Å². The molecule has 1 aromatic carbocycles. The van der Waals surface area contributed by atoms with Crippen molar-refractivity contribution in [3.8, 4) is 0 Å². The maximum Gasteiger partial charge on any atom is 0.252 e. The normalized spacial score (nSPS) is 10.2. The summed E-state index contributed by atoms with van der Waals surface area (Å²) in [5, 5.41) is 2.98.